The summed E-state index contributed by atoms with van der Waals surface area (Å²) in [7, 11) is -4.11. The van der Waals surface area contributed by atoms with E-state index in [4.69, 9.17) is 14.2 Å². The Morgan fingerprint density at radius 2 is 1.72 bits per heavy atom. The second-order valence-electron chi connectivity index (χ2n) is 8.34. The van der Waals surface area contributed by atoms with Crippen molar-refractivity contribution in [2.24, 2.45) is 0 Å². The van der Waals surface area contributed by atoms with Crippen LogP contribution in [0, 0.1) is 10.1 Å². The summed E-state index contributed by atoms with van der Waals surface area (Å²) < 4.78 is 44.5. The number of hydrogen-bond acceptors (Lipinski definition) is 8. The van der Waals surface area contributed by atoms with E-state index in [1.54, 1.807) is 55.5 Å². The number of hydrogen-bond donors (Lipinski definition) is 0. The van der Waals surface area contributed by atoms with Gasteiger partial charge < -0.3 is 14.2 Å². The molecule has 2 heterocycles. The highest BCUT2D eigenvalue weighted by atomic mass is 32.2. The SMILES string of the molecule is CCOC(=O)/C=C/c1c(/C=C/c2cc3c(cc2[N+](=O)[O-])OCO3)c2ccccc2n1S(=O)(=O)c1ccccc1. The van der Waals surface area contributed by atoms with E-state index in [0.717, 1.165) is 10.0 Å². The van der Waals surface area contributed by atoms with Gasteiger partial charge in [-0.2, -0.15) is 0 Å². The molecule has 0 N–H and O–H groups in total. The number of aromatic nitrogens is 1. The van der Waals surface area contributed by atoms with E-state index in [-0.39, 0.29) is 41.0 Å². The number of rotatable bonds is 8. The molecule has 11 heteroatoms. The number of nitro benzene ring substituents is 1. The molecule has 1 aliphatic heterocycles. The summed E-state index contributed by atoms with van der Waals surface area (Å²) in [6.45, 7) is 1.76. The minimum atomic E-state index is -4.11. The van der Waals surface area contributed by atoms with Gasteiger partial charge in [-0.1, -0.05) is 42.5 Å². The molecule has 0 bridgehead atoms. The number of nitrogens with zero attached hydrogens (tertiary/aromatic N) is 2. The number of carbonyl (C=O) groups excluding carboxylic acids is 1. The maximum absolute atomic E-state index is 13.9. The number of benzene rings is 3. The summed E-state index contributed by atoms with van der Waals surface area (Å²) >= 11 is 0. The molecule has 0 radical (unpaired) electrons. The largest absolute Gasteiger partial charge is 0.463 e. The minimum absolute atomic E-state index is 0.0483. The first-order valence-electron chi connectivity index (χ1n) is 11.9. The second kappa shape index (κ2) is 10.5. The van der Waals surface area contributed by atoms with Gasteiger partial charge in [0.05, 0.1) is 39.3 Å². The lowest BCUT2D eigenvalue weighted by Crippen LogP contribution is -2.14. The maximum Gasteiger partial charge on any atom is 0.330 e. The molecule has 0 saturated heterocycles. The van der Waals surface area contributed by atoms with Crippen LogP contribution in [-0.4, -0.2) is 36.7 Å². The molecule has 0 unspecified atom stereocenters. The first-order valence-corrected chi connectivity index (χ1v) is 13.3. The fraction of sp³-hybridized carbons (Fsp3) is 0.107. The Morgan fingerprint density at radius 1 is 1.03 bits per heavy atom. The minimum Gasteiger partial charge on any atom is -0.463 e. The fourth-order valence-electron chi connectivity index (χ4n) is 4.29. The molecule has 1 aromatic heterocycles. The van der Waals surface area contributed by atoms with Crippen LogP contribution >= 0.6 is 0 Å². The van der Waals surface area contributed by atoms with E-state index < -0.39 is 20.9 Å². The van der Waals surface area contributed by atoms with Gasteiger partial charge in [-0.25, -0.2) is 17.2 Å². The Morgan fingerprint density at radius 3 is 2.44 bits per heavy atom. The third-order valence-electron chi connectivity index (χ3n) is 6.00. The molecule has 0 aliphatic carbocycles. The number of fused-ring (bicyclic) bond motifs is 2. The van der Waals surface area contributed by atoms with Crippen molar-refractivity contribution in [2.75, 3.05) is 13.4 Å². The molecular formula is C28H22N2O8S. The molecular weight excluding hydrogens is 524 g/mol. The van der Waals surface area contributed by atoms with Crippen molar-refractivity contribution < 1.29 is 32.3 Å². The van der Waals surface area contributed by atoms with Gasteiger partial charge in [-0.3, -0.25) is 10.1 Å². The van der Waals surface area contributed by atoms with Gasteiger partial charge in [0.1, 0.15) is 0 Å². The van der Waals surface area contributed by atoms with Gasteiger partial charge in [0, 0.05) is 17.0 Å². The summed E-state index contributed by atoms with van der Waals surface area (Å²) in [4.78, 5) is 23.5. The predicted octanol–water partition coefficient (Wildman–Crippen LogP) is 5.26. The monoisotopic (exact) mass is 546 g/mol. The van der Waals surface area contributed by atoms with E-state index in [9.17, 15) is 23.3 Å². The molecule has 39 heavy (non-hydrogen) atoms. The average Bonchev–Trinajstić information content (AvgIpc) is 3.52. The maximum atomic E-state index is 13.9. The van der Waals surface area contributed by atoms with Gasteiger partial charge in [0.2, 0.25) is 6.79 Å². The van der Waals surface area contributed by atoms with Crippen LogP contribution in [0.3, 0.4) is 0 Å². The normalized spacial score (nSPS) is 12.9. The number of esters is 1. The van der Waals surface area contributed by atoms with Crippen LogP contribution in [0.1, 0.15) is 23.7 Å². The quantitative estimate of drug-likeness (QED) is 0.127. The van der Waals surface area contributed by atoms with Gasteiger partial charge in [0.25, 0.3) is 15.7 Å². The van der Waals surface area contributed by atoms with Crippen LogP contribution in [0.4, 0.5) is 5.69 Å². The van der Waals surface area contributed by atoms with E-state index in [0.29, 0.717) is 22.2 Å². The third kappa shape index (κ3) is 4.87. The van der Waals surface area contributed by atoms with Crippen molar-refractivity contribution in [3.8, 4) is 11.5 Å². The zero-order valence-electron chi connectivity index (χ0n) is 20.6. The highest BCUT2D eigenvalue weighted by Gasteiger charge is 2.26. The Hall–Kier alpha value is -4.90. The van der Waals surface area contributed by atoms with E-state index in [1.807, 2.05) is 0 Å². The molecule has 1 aliphatic rings. The Labute approximate surface area is 223 Å². The van der Waals surface area contributed by atoms with Crippen LogP contribution in [0.25, 0.3) is 29.1 Å². The van der Waals surface area contributed by atoms with Crippen LogP contribution in [0.2, 0.25) is 0 Å². The summed E-state index contributed by atoms with van der Waals surface area (Å²) in [5, 5.41) is 12.3. The molecule has 0 spiro atoms. The molecule has 5 rings (SSSR count). The average molecular weight is 547 g/mol. The first-order chi connectivity index (χ1) is 18.8. The van der Waals surface area contributed by atoms with Crippen molar-refractivity contribution >= 4 is 50.8 Å². The molecule has 0 atom stereocenters. The third-order valence-corrected chi connectivity index (χ3v) is 7.74. The van der Waals surface area contributed by atoms with Crippen LogP contribution in [0.5, 0.6) is 11.5 Å². The molecule has 0 amide bonds. The number of para-hydroxylation sites is 1. The first kappa shape index (κ1) is 25.7. The van der Waals surface area contributed by atoms with Gasteiger partial charge >= 0.3 is 5.97 Å². The summed E-state index contributed by atoms with van der Waals surface area (Å²) in [5.41, 5.74) is 0.988. The Kier molecular flexibility index (Phi) is 6.90. The summed E-state index contributed by atoms with van der Waals surface area (Å²) in [6.07, 6.45) is 5.60. The van der Waals surface area contributed by atoms with Gasteiger partial charge in [-0.15, -0.1) is 0 Å². The van der Waals surface area contributed by atoms with Crippen LogP contribution < -0.4 is 9.47 Å². The molecule has 0 saturated carbocycles. The highest BCUT2D eigenvalue weighted by molar-refractivity contribution is 7.90. The van der Waals surface area contributed by atoms with Crippen molar-refractivity contribution in [2.45, 2.75) is 11.8 Å². The lowest BCUT2D eigenvalue weighted by molar-refractivity contribution is -0.385. The smallest absolute Gasteiger partial charge is 0.330 e. The topological polar surface area (TPSA) is 127 Å². The van der Waals surface area contributed by atoms with Crippen LogP contribution in [-0.2, 0) is 19.6 Å². The Balaban J connectivity index is 1.75. The summed E-state index contributed by atoms with van der Waals surface area (Å²) in [5.74, 6) is -0.0213. The predicted molar refractivity (Wildman–Crippen MR) is 145 cm³/mol. The number of carbonyl (C=O) groups is 1. The molecule has 0 fully saturated rings. The molecule has 3 aromatic carbocycles. The second-order valence-corrected chi connectivity index (χ2v) is 10.1. The van der Waals surface area contributed by atoms with Crippen molar-refractivity contribution in [3.05, 3.63) is 99.7 Å². The van der Waals surface area contributed by atoms with Crippen molar-refractivity contribution in [1.82, 2.24) is 3.97 Å². The van der Waals surface area contributed by atoms with E-state index in [1.165, 1.54) is 36.4 Å². The lowest BCUT2D eigenvalue weighted by atomic mass is 10.1. The molecule has 198 valence electrons. The molecule has 10 nitrogen and oxygen atoms in total. The van der Waals surface area contributed by atoms with E-state index in [2.05, 4.69) is 0 Å². The van der Waals surface area contributed by atoms with Gasteiger partial charge in [-0.05, 0) is 43.3 Å². The zero-order chi connectivity index (χ0) is 27.6. The highest BCUT2D eigenvalue weighted by Crippen LogP contribution is 2.39. The van der Waals surface area contributed by atoms with Crippen LogP contribution in [0.15, 0.2) is 77.7 Å². The van der Waals surface area contributed by atoms with Gasteiger partial charge in [0.15, 0.2) is 11.5 Å². The van der Waals surface area contributed by atoms with Crippen molar-refractivity contribution in [1.29, 1.82) is 0 Å². The Bertz CT molecular complexity index is 1760. The fourth-order valence-corrected chi connectivity index (χ4v) is 5.84. The molecule has 4 aromatic rings. The standard InChI is InChI=1S/C28H22N2O8S/c1-2-36-28(31)15-14-24-22(13-12-19-16-26-27(38-18-37-26)17-25(19)30(32)33)21-10-6-7-11-23(21)29(24)39(34,35)20-8-4-3-5-9-20/h3-17H,2,18H2,1H3/b13-12+,15-14+. The number of ether oxygens (including phenoxy) is 3. The zero-order valence-corrected chi connectivity index (χ0v) is 21.5. The number of nitro groups is 1. The summed E-state index contributed by atoms with van der Waals surface area (Å²) in [6, 6.07) is 17.5. The van der Waals surface area contributed by atoms with Crippen molar-refractivity contribution in [3.63, 3.8) is 0 Å². The lowest BCUT2D eigenvalue weighted by Gasteiger charge is -2.10. The van der Waals surface area contributed by atoms with E-state index >= 15 is 0 Å².